The first-order chi connectivity index (χ1) is 15.7. The Bertz CT molecular complexity index is 1270. The van der Waals surface area contributed by atoms with Crippen LogP contribution in [0.2, 0.25) is 0 Å². The summed E-state index contributed by atoms with van der Waals surface area (Å²) in [6.45, 7) is 8.28. The van der Waals surface area contributed by atoms with E-state index in [1.54, 1.807) is 7.05 Å². The fourth-order valence-corrected chi connectivity index (χ4v) is 3.30. The van der Waals surface area contributed by atoms with E-state index < -0.39 is 11.7 Å². The lowest BCUT2D eigenvalue weighted by Crippen LogP contribution is -2.33. The molecule has 1 aromatic carbocycles. The average molecular weight is 449 g/mol. The van der Waals surface area contributed by atoms with Crippen molar-refractivity contribution in [2.24, 2.45) is 0 Å². The van der Waals surface area contributed by atoms with Crippen LogP contribution in [0.4, 0.5) is 10.5 Å². The number of amides is 1. The molecule has 172 valence electrons. The van der Waals surface area contributed by atoms with Gasteiger partial charge in [0.1, 0.15) is 17.8 Å². The normalized spacial score (nSPS) is 11.5. The van der Waals surface area contributed by atoms with E-state index in [9.17, 15) is 4.79 Å². The lowest BCUT2D eigenvalue weighted by molar-refractivity contribution is 0.0268. The molecule has 3 heterocycles. The molecule has 3 aromatic heterocycles. The number of imidazole rings is 1. The smallest absolute Gasteiger partial charge is 0.410 e. The zero-order chi connectivity index (χ0) is 23.6. The number of hydrogen-bond donors (Lipinski definition) is 1. The number of anilines is 1. The maximum Gasteiger partial charge on any atom is 0.410 e. The van der Waals surface area contributed by atoms with Crippen LogP contribution in [0, 0.1) is 6.92 Å². The van der Waals surface area contributed by atoms with E-state index in [-0.39, 0.29) is 6.54 Å². The minimum atomic E-state index is -0.570. The molecule has 0 saturated heterocycles. The Kier molecular flexibility index (Phi) is 6.04. The van der Waals surface area contributed by atoms with Crippen molar-refractivity contribution in [1.82, 2.24) is 24.4 Å². The van der Waals surface area contributed by atoms with Crippen molar-refractivity contribution in [2.75, 3.05) is 12.4 Å². The molecule has 0 radical (unpaired) electrons. The van der Waals surface area contributed by atoms with Crippen molar-refractivity contribution in [3.05, 3.63) is 65.9 Å². The Morgan fingerprint density at radius 2 is 2.06 bits per heavy atom. The van der Waals surface area contributed by atoms with Crippen LogP contribution in [0.1, 0.15) is 37.9 Å². The Hall–Kier alpha value is -3.88. The first kappa shape index (κ1) is 22.3. The molecule has 0 aliphatic rings. The maximum absolute atomic E-state index is 12.2. The fraction of sp³-hybridized carbons (Fsp3) is 0.333. The summed E-state index contributed by atoms with van der Waals surface area (Å²) in [4.78, 5) is 22.5. The largest absolute Gasteiger partial charge is 0.444 e. The van der Waals surface area contributed by atoms with Crippen LogP contribution in [0.15, 0.2) is 53.3 Å². The predicted molar refractivity (Wildman–Crippen MR) is 125 cm³/mol. The third kappa shape index (κ3) is 5.31. The van der Waals surface area contributed by atoms with Gasteiger partial charge in [-0.2, -0.15) is 4.98 Å². The second kappa shape index (κ2) is 8.93. The monoisotopic (exact) mass is 448 g/mol. The van der Waals surface area contributed by atoms with Gasteiger partial charge in [-0.25, -0.2) is 9.78 Å². The summed E-state index contributed by atoms with van der Waals surface area (Å²) in [6, 6.07) is 11.9. The number of aromatic nitrogens is 4. The fourth-order valence-electron chi connectivity index (χ4n) is 3.30. The first-order valence-corrected chi connectivity index (χ1v) is 10.7. The first-order valence-electron chi connectivity index (χ1n) is 10.7. The van der Waals surface area contributed by atoms with Gasteiger partial charge in [0.2, 0.25) is 11.7 Å². The van der Waals surface area contributed by atoms with Crippen LogP contribution < -0.4 is 5.32 Å². The van der Waals surface area contributed by atoms with Gasteiger partial charge in [-0.05, 0) is 51.5 Å². The van der Waals surface area contributed by atoms with E-state index in [1.807, 2.05) is 76.5 Å². The molecule has 0 fully saturated rings. The molecule has 1 amide bonds. The molecule has 9 heteroatoms. The Morgan fingerprint density at radius 1 is 1.24 bits per heavy atom. The summed E-state index contributed by atoms with van der Waals surface area (Å²) in [6.07, 6.45) is 3.42. The molecule has 0 aliphatic heterocycles. The van der Waals surface area contributed by atoms with E-state index in [0.29, 0.717) is 18.3 Å². The molecule has 4 rings (SSSR count). The van der Waals surface area contributed by atoms with Crippen LogP contribution in [-0.2, 0) is 17.8 Å². The number of fused-ring (bicyclic) bond motifs is 1. The Labute approximate surface area is 192 Å². The molecular weight excluding hydrogens is 420 g/mol. The van der Waals surface area contributed by atoms with Crippen molar-refractivity contribution >= 4 is 17.4 Å². The minimum Gasteiger partial charge on any atom is -0.444 e. The molecule has 0 aliphatic carbocycles. The summed E-state index contributed by atoms with van der Waals surface area (Å²) in [5.41, 5.74) is 4.28. The predicted octanol–water partition coefficient (Wildman–Crippen LogP) is 4.67. The number of aryl methyl sites for hydroxylation is 1. The zero-order valence-corrected chi connectivity index (χ0v) is 19.5. The van der Waals surface area contributed by atoms with Crippen molar-refractivity contribution in [3.63, 3.8) is 0 Å². The van der Waals surface area contributed by atoms with Gasteiger partial charge in [0, 0.05) is 24.5 Å². The maximum atomic E-state index is 12.2. The SMILES string of the molecule is Cc1ccc(-c2noc(CN(C)C(=O)OC(C)(C)C)n2)cc1NCc1cnc2ccccn12. The summed E-state index contributed by atoms with van der Waals surface area (Å²) in [5, 5.41) is 7.57. The van der Waals surface area contributed by atoms with Gasteiger partial charge in [-0.1, -0.05) is 23.4 Å². The van der Waals surface area contributed by atoms with Gasteiger partial charge in [-0.3, -0.25) is 0 Å². The summed E-state index contributed by atoms with van der Waals surface area (Å²) >= 11 is 0. The highest BCUT2D eigenvalue weighted by Crippen LogP contribution is 2.24. The van der Waals surface area contributed by atoms with Crippen molar-refractivity contribution in [3.8, 4) is 11.4 Å². The number of pyridine rings is 1. The van der Waals surface area contributed by atoms with Crippen LogP contribution in [0.25, 0.3) is 17.0 Å². The second-order valence-electron chi connectivity index (χ2n) is 8.91. The minimum absolute atomic E-state index is 0.160. The number of rotatable bonds is 6. The van der Waals surface area contributed by atoms with Gasteiger partial charge in [0.25, 0.3) is 0 Å². The topological polar surface area (TPSA) is 97.8 Å². The second-order valence-corrected chi connectivity index (χ2v) is 8.91. The average Bonchev–Trinajstić information content (AvgIpc) is 3.39. The van der Waals surface area contributed by atoms with Gasteiger partial charge < -0.3 is 23.9 Å². The Balaban J connectivity index is 1.45. The highest BCUT2D eigenvalue weighted by atomic mass is 16.6. The van der Waals surface area contributed by atoms with E-state index in [2.05, 4.69) is 24.8 Å². The van der Waals surface area contributed by atoms with Gasteiger partial charge in [-0.15, -0.1) is 0 Å². The summed E-state index contributed by atoms with van der Waals surface area (Å²) < 4.78 is 12.8. The molecule has 4 aromatic rings. The standard InChI is InChI=1S/C24H28N6O3/c1-16-9-10-17(12-19(16)25-13-18-14-26-20-8-6-7-11-30(18)20)22-27-21(33-28-22)15-29(5)23(31)32-24(2,3)4/h6-12,14,25H,13,15H2,1-5H3. The number of carbonyl (C=O) groups excluding carboxylic acids is 1. The number of hydrogen-bond acceptors (Lipinski definition) is 7. The van der Waals surface area contributed by atoms with Crippen molar-refractivity contribution in [2.45, 2.75) is 46.4 Å². The lowest BCUT2D eigenvalue weighted by Gasteiger charge is -2.23. The molecule has 0 spiro atoms. The number of benzene rings is 1. The van der Waals surface area contributed by atoms with Crippen LogP contribution in [-0.4, -0.2) is 43.2 Å². The Morgan fingerprint density at radius 3 is 2.85 bits per heavy atom. The quantitative estimate of drug-likeness (QED) is 0.458. The van der Waals surface area contributed by atoms with Crippen molar-refractivity contribution in [1.29, 1.82) is 0 Å². The van der Waals surface area contributed by atoms with E-state index in [4.69, 9.17) is 9.26 Å². The highest BCUT2D eigenvalue weighted by Gasteiger charge is 2.21. The van der Waals surface area contributed by atoms with Gasteiger partial charge >= 0.3 is 6.09 Å². The molecular formula is C24H28N6O3. The van der Waals surface area contributed by atoms with Gasteiger partial charge in [0.15, 0.2) is 0 Å². The molecule has 0 bridgehead atoms. The molecule has 33 heavy (non-hydrogen) atoms. The van der Waals surface area contributed by atoms with Crippen LogP contribution in [0.5, 0.6) is 0 Å². The summed E-state index contributed by atoms with van der Waals surface area (Å²) in [5.74, 6) is 0.791. The molecule has 1 N–H and O–H groups in total. The lowest BCUT2D eigenvalue weighted by atomic mass is 10.1. The molecule has 0 unspecified atom stereocenters. The van der Waals surface area contributed by atoms with E-state index >= 15 is 0 Å². The van der Waals surface area contributed by atoms with Gasteiger partial charge in [0.05, 0.1) is 18.4 Å². The zero-order valence-electron chi connectivity index (χ0n) is 19.5. The molecule has 0 saturated carbocycles. The highest BCUT2D eigenvalue weighted by molar-refractivity contribution is 5.68. The van der Waals surface area contributed by atoms with E-state index in [1.165, 1.54) is 4.90 Å². The van der Waals surface area contributed by atoms with Crippen LogP contribution in [0.3, 0.4) is 0 Å². The third-order valence-corrected chi connectivity index (χ3v) is 5.00. The summed E-state index contributed by atoms with van der Waals surface area (Å²) in [7, 11) is 1.63. The number of nitrogens with zero attached hydrogens (tertiary/aromatic N) is 5. The van der Waals surface area contributed by atoms with E-state index in [0.717, 1.165) is 28.2 Å². The number of carbonyl (C=O) groups is 1. The van der Waals surface area contributed by atoms with Crippen molar-refractivity contribution < 1.29 is 14.1 Å². The number of nitrogens with one attached hydrogen (secondary N) is 1. The molecule has 9 nitrogen and oxygen atoms in total. The third-order valence-electron chi connectivity index (χ3n) is 5.00. The number of ether oxygens (including phenoxy) is 1. The van der Waals surface area contributed by atoms with Crippen LogP contribution >= 0.6 is 0 Å². The molecule has 0 atom stereocenters.